The largest absolute Gasteiger partial charge is 0.372 e. The van der Waals surface area contributed by atoms with Gasteiger partial charge in [0, 0.05) is 19.2 Å². The zero-order valence-electron chi connectivity index (χ0n) is 16.6. The van der Waals surface area contributed by atoms with E-state index in [1.807, 2.05) is 0 Å². The van der Waals surface area contributed by atoms with E-state index in [4.69, 9.17) is 10.5 Å². The van der Waals surface area contributed by atoms with Crippen LogP contribution in [0, 0.1) is 11.8 Å². The smallest absolute Gasteiger partial charge is 0.268 e. The summed E-state index contributed by atoms with van der Waals surface area (Å²) in [5.41, 5.74) is 6.57. The van der Waals surface area contributed by atoms with Gasteiger partial charge in [-0.2, -0.15) is 0 Å². The van der Waals surface area contributed by atoms with Crippen LogP contribution >= 0.6 is 0 Å². The van der Waals surface area contributed by atoms with Gasteiger partial charge in [-0.15, -0.1) is 0 Å². The highest BCUT2D eigenvalue weighted by atomic mass is 19.3. The number of rotatable bonds is 9. The van der Waals surface area contributed by atoms with E-state index in [0.717, 1.165) is 32.6 Å². The number of nitrogens with zero attached hydrogens (tertiary/aromatic N) is 2. The molecule has 156 valence electrons. The summed E-state index contributed by atoms with van der Waals surface area (Å²) in [6.45, 7) is 2.52. The van der Waals surface area contributed by atoms with Crippen LogP contribution < -0.4 is 11.1 Å². The molecule has 1 heterocycles. The lowest BCUT2D eigenvalue weighted by Crippen LogP contribution is -2.33. The molecule has 28 heavy (non-hydrogen) atoms. The van der Waals surface area contributed by atoms with Crippen molar-refractivity contribution in [3.05, 3.63) is 17.5 Å². The van der Waals surface area contributed by atoms with Crippen molar-refractivity contribution in [1.29, 1.82) is 0 Å². The molecule has 1 amide bonds. The molecule has 1 atom stereocenters. The van der Waals surface area contributed by atoms with Crippen LogP contribution in [0.3, 0.4) is 0 Å². The third-order valence-corrected chi connectivity index (χ3v) is 5.66. The summed E-state index contributed by atoms with van der Waals surface area (Å²) < 4.78 is 31.2. The molecule has 2 aliphatic rings. The molecular formula is C20H30F2N4O2. The molecule has 0 aliphatic heterocycles. The van der Waals surface area contributed by atoms with Crippen LogP contribution in [0.15, 0.2) is 6.20 Å². The quantitative estimate of drug-likeness (QED) is 0.666. The summed E-state index contributed by atoms with van der Waals surface area (Å²) in [7, 11) is 0. The maximum absolute atomic E-state index is 12.9. The number of ether oxygens (including phenoxy) is 1. The number of hydrogen-bond acceptors (Lipinski definition) is 5. The van der Waals surface area contributed by atoms with E-state index in [0.29, 0.717) is 35.5 Å². The normalized spacial score (nSPS) is 24.0. The van der Waals surface area contributed by atoms with Crippen LogP contribution in [0.1, 0.15) is 68.4 Å². The zero-order chi connectivity index (χ0) is 20.3. The van der Waals surface area contributed by atoms with E-state index >= 15 is 0 Å². The standard InChI is InChI=1S/C20H30F2N4O2/c1-12(13-3-4-13)9-17-16(18(23)27)10-24-19(26-17)25-14-5-7-15(8-6-14)28-11-20(2,21)22/h10,12-15H,3-9,11H2,1-2H3,(H2,23,27)(H,24,25,26)/t12-,14?,15?/m0/s1. The Balaban J connectivity index is 1.56. The molecule has 0 radical (unpaired) electrons. The second-order valence-corrected chi connectivity index (χ2v) is 8.44. The van der Waals surface area contributed by atoms with Gasteiger partial charge in [0.1, 0.15) is 6.61 Å². The second kappa shape index (κ2) is 8.68. The Kier molecular flexibility index (Phi) is 6.47. The zero-order valence-corrected chi connectivity index (χ0v) is 16.6. The van der Waals surface area contributed by atoms with Crippen LogP contribution in [0.2, 0.25) is 0 Å². The molecule has 2 aliphatic carbocycles. The summed E-state index contributed by atoms with van der Waals surface area (Å²) in [5.74, 6) is -1.63. The molecule has 0 aromatic carbocycles. The lowest BCUT2D eigenvalue weighted by Gasteiger charge is -2.30. The van der Waals surface area contributed by atoms with Crippen LogP contribution in [0.5, 0.6) is 0 Å². The van der Waals surface area contributed by atoms with Gasteiger partial charge in [-0.05, 0) is 56.8 Å². The molecule has 8 heteroatoms. The van der Waals surface area contributed by atoms with Gasteiger partial charge < -0.3 is 15.8 Å². The third kappa shape index (κ3) is 6.09. The van der Waals surface area contributed by atoms with Crippen molar-refractivity contribution in [3.63, 3.8) is 0 Å². The number of primary amides is 1. The number of alkyl halides is 2. The molecule has 3 rings (SSSR count). The molecule has 0 unspecified atom stereocenters. The third-order valence-electron chi connectivity index (χ3n) is 5.66. The molecule has 2 fully saturated rings. The minimum atomic E-state index is -2.79. The van der Waals surface area contributed by atoms with E-state index in [1.54, 1.807) is 0 Å². The van der Waals surface area contributed by atoms with E-state index in [9.17, 15) is 13.6 Å². The molecule has 0 bridgehead atoms. The van der Waals surface area contributed by atoms with Gasteiger partial charge in [-0.3, -0.25) is 4.79 Å². The number of anilines is 1. The first-order valence-corrected chi connectivity index (χ1v) is 10.1. The monoisotopic (exact) mass is 396 g/mol. The Bertz CT molecular complexity index is 683. The summed E-state index contributed by atoms with van der Waals surface area (Å²) >= 11 is 0. The van der Waals surface area contributed by atoms with Crippen LogP contribution in [-0.4, -0.2) is 40.6 Å². The summed E-state index contributed by atoms with van der Waals surface area (Å²) in [6.07, 6.45) is 7.60. The van der Waals surface area contributed by atoms with Crippen molar-refractivity contribution in [3.8, 4) is 0 Å². The first-order chi connectivity index (χ1) is 13.2. The average Bonchev–Trinajstić information content (AvgIpc) is 3.45. The van der Waals surface area contributed by atoms with Crippen molar-refractivity contribution >= 4 is 11.9 Å². The number of carbonyl (C=O) groups excluding carboxylic acids is 1. The molecule has 1 aromatic rings. The Labute approximate surface area is 164 Å². The van der Waals surface area contributed by atoms with Crippen molar-refractivity contribution < 1.29 is 18.3 Å². The predicted molar refractivity (Wildman–Crippen MR) is 102 cm³/mol. The number of aromatic nitrogens is 2. The van der Waals surface area contributed by atoms with Crippen LogP contribution in [-0.2, 0) is 11.2 Å². The molecule has 1 aromatic heterocycles. The number of nitrogens with two attached hydrogens (primary N) is 1. The fraction of sp³-hybridized carbons (Fsp3) is 0.750. The molecule has 6 nitrogen and oxygen atoms in total. The topological polar surface area (TPSA) is 90.1 Å². The first kappa shape index (κ1) is 20.9. The Morgan fingerprint density at radius 1 is 1.32 bits per heavy atom. The van der Waals surface area contributed by atoms with Crippen molar-refractivity contribution in [2.75, 3.05) is 11.9 Å². The number of carbonyl (C=O) groups is 1. The van der Waals surface area contributed by atoms with Gasteiger partial charge in [0.05, 0.1) is 17.4 Å². The second-order valence-electron chi connectivity index (χ2n) is 8.44. The summed E-state index contributed by atoms with van der Waals surface area (Å²) in [6, 6.07) is 0.162. The predicted octanol–water partition coefficient (Wildman–Crippen LogP) is 3.56. The SMILES string of the molecule is C[C@@H](Cc1nc(NC2CCC(OCC(C)(F)F)CC2)ncc1C(N)=O)C1CC1. The Morgan fingerprint density at radius 3 is 2.57 bits per heavy atom. The number of halogens is 2. The maximum Gasteiger partial charge on any atom is 0.268 e. The molecule has 2 saturated carbocycles. The highest BCUT2D eigenvalue weighted by Crippen LogP contribution is 2.38. The Hall–Kier alpha value is -1.83. The lowest BCUT2D eigenvalue weighted by molar-refractivity contribution is -0.0943. The molecule has 3 N–H and O–H groups in total. The summed E-state index contributed by atoms with van der Waals surface area (Å²) in [5, 5.41) is 3.32. The number of nitrogens with one attached hydrogen (secondary N) is 1. The fourth-order valence-corrected chi connectivity index (χ4v) is 3.81. The first-order valence-electron chi connectivity index (χ1n) is 10.1. The minimum Gasteiger partial charge on any atom is -0.372 e. The van der Waals surface area contributed by atoms with Gasteiger partial charge in [-0.25, -0.2) is 18.7 Å². The van der Waals surface area contributed by atoms with E-state index in [1.165, 1.54) is 19.0 Å². The average molecular weight is 396 g/mol. The highest BCUT2D eigenvalue weighted by Gasteiger charge is 2.30. The minimum absolute atomic E-state index is 0.128. The van der Waals surface area contributed by atoms with Crippen LogP contribution in [0.25, 0.3) is 0 Å². The van der Waals surface area contributed by atoms with Gasteiger partial charge in [0.25, 0.3) is 11.8 Å². The van der Waals surface area contributed by atoms with Gasteiger partial charge >= 0.3 is 0 Å². The number of hydrogen-bond donors (Lipinski definition) is 2. The van der Waals surface area contributed by atoms with Gasteiger partial charge in [-0.1, -0.05) is 6.92 Å². The fourth-order valence-electron chi connectivity index (χ4n) is 3.81. The van der Waals surface area contributed by atoms with E-state index in [2.05, 4.69) is 22.2 Å². The molecule has 0 spiro atoms. The number of amides is 1. The lowest BCUT2D eigenvalue weighted by atomic mass is 9.93. The summed E-state index contributed by atoms with van der Waals surface area (Å²) in [4.78, 5) is 20.5. The Morgan fingerprint density at radius 2 is 2.00 bits per heavy atom. The maximum atomic E-state index is 12.9. The van der Waals surface area contributed by atoms with E-state index < -0.39 is 18.4 Å². The van der Waals surface area contributed by atoms with Crippen molar-refractivity contribution in [2.24, 2.45) is 17.6 Å². The molecular weight excluding hydrogens is 366 g/mol. The van der Waals surface area contributed by atoms with Crippen molar-refractivity contribution in [2.45, 2.75) is 76.9 Å². The van der Waals surface area contributed by atoms with Gasteiger partial charge in [0.15, 0.2) is 0 Å². The van der Waals surface area contributed by atoms with Gasteiger partial charge in [0.2, 0.25) is 5.95 Å². The van der Waals surface area contributed by atoms with Crippen molar-refractivity contribution in [1.82, 2.24) is 9.97 Å². The van der Waals surface area contributed by atoms with Crippen LogP contribution in [0.4, 0.5) is 14.7 Å². The highest BCUT2D eigenvalue weighted by molar-refractivity contribution is 5.93. The van der Waals surface area contributed by atoms with E-state index in [-0.39, 0.29) is 12.1 Å². The molecule has 0 saturated heterocycles.